The summed E-state index contributed by atoms with van der Waals surface area (Å²) in [7, 11) is 0. The van der Waals surface area contributed by atoms with E-state index in [0.717, 1.165) is 5.92 Å². The molecule has 3 heteroatoms. The normalized spacial score (nSPS) is 20.9. The first-order valence-corrected chi connectivity index (χ1v) is 7.25. The van der Waals surface area contributed by atoms with Gasteiger partial charge in [-0.1, -0.05) is 6.92 Å². The molecule has 1 unspecified atom stereocenters. The van der Waals surface area contributed by atoms with Crippen molar-refractivity contribution in [3.8, 4) is 0 Å². The summed E-state index contributed by atoms with van der Waals surface area (Å²) in [5.41, 5.74) is 1.29. The van der Waals surface area contributed by atoms with Crippen LogP contribution in [0, 0.1) is 5.92 Å². The maximum atomic E-state index is 3.62. The Labute approximate surface area is 103 Å². The van der Waals surface area contributed by atoms with Crippen LogP contribution in [0.1, 0.15) is 26.7 Å². The highest BCUT2D eigenvalue weighted by molar-refractivity contribution is 7.08. The molecule has 0 spiro atoms. The van der Waals surface area contributed by atoms with E-state index in [4.69, 9.17) is 0 Å². The molecule has 0 radical (unpaired) electrons. The summed E-state index contributed by atoms with van der Waals surface area (Å²) in [6, 6.07) is 2.77. The number of anilines is 1. The zero-order valence-electron chi connectivity index (χ0n) is 10.3. The summed E-state index contributed by atoms with van der Waals surface area (Å²) < 4.78 is 0. The van der Waals surface area contributed by atoms with E-state index in [-0.39, 0.29) is 0 Å². The zero-order chi connectivity index (χ0) is 11.4. The van der Waals surface area contributed by atoms with Crippen molar-refractivity contribution in [2.45, 2.75) is 32.7 Å². The quantitative estimate of drug-likeness (QED) is 0.866. The number of thiophene rings is 1. The topological polar surface area (TPSA) is 15.3 Å². The Morgan fingerprint density at radius 3 is 2.81 bits per heavy atom. The van der Waals surface area contributed by atoms with Crippen LogP contribution in [0.2, 0.25) is 0 Å². The first-order valence-electron chi connectivity index (χ1n) is 6.30. The monoisotopic (exact) mass is 238 g/mol. The van der Waals surface area contributed by atoms with Gasteiger partial charge in [0.2, 0.25) is 0 Å². The number of rotatable bonds is 4. The van der Waals surface area contributed by atoms with E-state index in [1.165, 1.54) is 38.2 Å². The molecule has 2 nitrogen and oxygen atoms in total. The number of nitrogens with zero attached hydrogens (tertiary/aromatic N) is 1. The fourth-order valence-electron chi connectivity index (χ4n) is 2.50. The lowest BCUT2D eigenvalue weighted by Crippen LogP contribution is -2.39. The molecule has 0 aliphatic carbocycles. The minimum Gasteiger partial charge on any atom is -0.382 e. The summed E-state index contributed by atoms with van der Waals surface area (Å²) in [6.45, 7) is 8.34. The molecule has 2 rings (SSSR count). The van der Waals surface area contributed by atoms with Crippen LogP contribution in [-0.2, 0) is 0 Å². The Hall–Kier alpha value is -0.540. The second-order valence-electron chi connectivity index (χ2n) is 4.72. The van der Waals surface area contributed by atoms with Crippen molar-refractivity contribution in [2.24, 2.45) is 5.92 Å². The van der Waals surface area contributed by atoms with Gasteiger partial charge in [-0.05, 0) is 56.8 Å². The third kappa shape index (κ3) is 2.98. The molecule has 1 N–H and O–H groups in total. The minimum absolute atomic E-state index is 0.605. The van der Waals surface area contributed by atoms with E-state index in [2.05, 4.69) is 40.9 Å². The van der Waals surface area contributed by atoms with Crippen LogP contribution in [-0.4, -0.2) is 30.6 Å². The van der Waals surface area contributed by atoms with Crippen molar-refractivity contribution in [1.82, 2.24) is 4.90 Å². The van der Waals surface area contributed by atoms with Gasteiger partial charge in [0.1, 0.15) is 0 Å². The molecule has 2 heterocycles. The third-order valence-corrected chi connectivity index (χ3v) is 4.39. The molecule has 0 bridgehead atoms. The van der Waals surface area contributed by atoms with Gasteiger partial charge in [0.25, 0.3) is 0 Å². The van der Waals surface area contributed by atoms with E-state index < -0.39 is 0 Å². The smallest absolute Gasteiger partial charge is 0.0450 e. The number of likely N-dealkylation sites (tertiary alicyclic amines) is 1. The lowest BCUT2D eigenvalue weighted by atomic mass is 9.90. The molecule has 0 saturated carbocycles. The van der Waals surface area contributed by atoms with Crippen molar-refractivity contribution in [3.63, 3.8) is 0 Å². The van der Waals surface area contributed by atoms with Gasteiger partial charge in [0.15, 0.2) is 0 Å². The predicted molar refractivity (Wildman–Crippen MR) is 72.2 cm³/mol. The SMILES string of the molecule is CCN1CCC(C(C)Nc2ccsc2)CC1. The molecule has 0 aromatic carbocycles. The van der Waals surface area contributed by atoms with Crippen LogP contribution < -0.4 is 5.32 Å². The van der Waals surface area contributed by atoms with Gasteiger partial charge in [-0.15, -0.1) is 0 Å². The van der Waals surface area contributed by atoms with Crippen LogP contribution >= 0.6 is 11.3 Å². The van der Waals surface area contributed by atoms with Crippen LogP contribution in [0.4, 0.5) is 5.69 Å². The van der Waals surface area contributed by atoms with Gasteiger partial charge in [-0.25, -0.2) is 0 Å². The molecule has 90 valence electrons. The van der Waals surface area contributed by atoms with E-state index in [0.29, 0.717) is 6.04 Å². The molecular formula is C13H22N2S. The van der Waals surface area contributed by atoms with Crippen LogP contribution in [0.25, 0.3) is 0 Å². The number of hydrogen-bond acceptors (Lipinski definition) is 3. The van der Waals surface area contributed by atoms with Crippen molar-refractivity contribution in [1.29, 1.82) is 0 Å². The third-order valence-electron chi connectivity index (χ3n) is 3.70. The second kappa shape index (κ2) is 5.69. The Bertz CT molecular complexity index is 289. The molecule has 1 aromatic heterocycles. The molecule has 1 fully saturated rings. The van der Waals surface area contributed by atoms with Gasteiger partial charge in [0.05, 0.1) is 0 Å². The van der Waals surface area contributed by atoms with Gasteiger partial charge in [0, 0.05) is 17.1 Å². The summed E-state index contributed by atoms with van der Waals surface area (Å²) in [6.07, 6.45) is 2.68. The van der Waals surface area contributed by atoms with Gasteiger partial charge in [-0.2, -0.15) is 11.3 Å². The average molecular weight is 238 g/mol. The lowest BCUT2D eigenvalue weighted by Gasteiger charge is -2.34. The highest BCUT2D eigenvalue weighted by Gasteiger charge is 2.22. The highest BCUT2D eigenvalue weighted by Crippen LogP contribution is 2.23. The average Bonchev–Trinajstić information content (AvgIpc) is 2.82. The molecule has 1 saturated heterocycles. The van der Waals surface area contributed by atoms with Crippen molar-refractivity contribution < 1.29 is 0 Å². The largest absolute Gasteiger partial charge is 0.382 e. The first kappa shape index (κ1) is 11.9. The Kier molecular flexibility index (Phi) is 4.24. The van der Waals surface area contributed by atoms with Crippen LogP contribution in [0.3, 0.4) is 0 Å². The number of piperidine rings is 1. The Morgan fingerprint density at radius 1 is 1.50 bits per heavy atom. The van der Waals surface area contributed by atoms with Gasteiger partial charge >= 0.3 is 0 Å². The lowest BCUT2D eigenvalue weighted by molar-refractivity contribution is 0.183. The molecule has 1 atom stereocenters. The summed E-state index contributed by atoms with van der Waals surface area (Å²) in [4.78, 5) is 2.55. The predicted octanol–water partition coefficient (Wildman–Crippen LogP) is 3.28. The standard InChI is InChI=1S/C13H22N2S/c1-3-15-7-4-12(5-8-15)11(2)14-13-6-9-16-10-13/h6,9-12,14H,3-5,7-8H2,1-2H3. The van der Waals surface area contributed by atoms with Crippen molar-refractivity contribution in [2.75, 3.05) is 25.0 Å². The van der Waals surface area contributed by atoms with Gasteiger partial charge in [-0.3, -0.25) is 0 Å². The highest BCUT2D eigenvalue weighted by atomic mass is 32.1. The summed E-state index contributed by atoms with van der Waals surface area (Å²) >= 11 is 1.76. The van der Waals surface area contributed by atoms with E-state index in [1.807, 2.05) is 0 Å². The second-order valence-corrected chi connectivity index (χ2v) is 5.50. The minimum atomic E-state index is 0.605. The maximum absolute atomic E-state index is 3.62. The van der Waals surface area contributed by atoms with Crippen LogP contribution in [0.15, 0.2) is 16.8 Å². The fourth-order valence-corrected chi connectivity index (χ4v) is 3.09. The van der Waals surface area contributed by atoms with E-state index >= 15 is 0 Å². The maximum Gasteiger partial charge on any atom is 0.0450 e. The first-order chi connectivity index (χ1) is 7.79. The van der Waals surface area contributed by atoms with Crippen molar-refractivity contribution >= 4 is 17.0 Å². The molecule has 0 amide bonds. The molecule has 1 aromatic rings. The Morgan fingerprint density at radius 2 is 2.25 bits per heavy atom. The number of nitrogens with one attached hydrogen (secondary N) is 1. The molecule has 1 aliphatic heterocycles. The van der Waals surface area contributed by atoms with Crippen LogP contribution in [0.5, 0.6) is 0 Å². The summed E-state index contributed by atoms with van der Waals surface area (Å²) in [5.74, 6) is 0.836. The van der Waals surface area contributed by atoms with Gasteiger partial charge < -0.3 is 10.2 Å². The summed E-state index contributed by atoms with van der Waals surface area (Å²) in [5, 5.41) is 7.94. The van der Waals surface area contributed by atoms with Crippen molar-refractivity contribution in [3.05, 3.63) is 16.8 Å². The van der Waals surface area contributed by atoms with E-state index in [9.17, 15) is 0 Å². The molecule has 1 aliphatic rings. The number of hydrogen-bond donors (Lipinski definition) is 1. The fraction of sp³-hybridized carbons (Fsp3) is 0.692. The molecule has 16 heavy (non-hydrogen) atoms. The molecular weight excluding hydrogens is 216 g/mol. The van der Waals surface area contributed by atoms with E-state index in [1.54, 1.807) is 11.3 Å². The Balaban J connectivity index is 1.80. The zero-order valence-corrected chi connectivity index (χ0v) is 11.1.